The Hall–Kier alpha value is -2.78. The maximum atomic E-state index is 14.2. The molecule has 226 valence electrons. The quantitative estimate of drug-likeness (QED) is 0.227. The highest BCUT2D eigenvalue weighted by molar-refractivity contribution is 7.92. The first kappa shape index (κ1) is 33.7. The maximum Gasteiger partial charge on any atom is 0.264 e. The van der Waals surface area contributed by atoms with Crippen molar-refractivity contribution >= 4 is 62.3 Å². The summed E-state index contributed by atoms with van der Waals surface area (Å²) in [5.41, 5.74) is 2.20. The molecule has 3 rings (SSSR count). The molecular formula is C31H36Cl3N3O4S. The average molecular weight is 653 g/mol. The van der Waals surface area contributed by atoms with E-state index in [1.165, 1.54) is 17.0 Å². The standard InChI is InChI=1S/C31H36Cl3N3O4S/c1-6-28(31(39)35-17-20(2)3)36(18-25-26(33)8-7-9-27(25)34)30(38)19-37(29-15-12-23(32)16-22(29)5)42(40,41)24-13-10-21(4)11-14-24/h7-16,20,28H,6,17-19H2,1-5H3,(H,35,39). The summed E-state index contributed by atoms with van der Waals surface area (Å²) in [7, 11) is -4.21. The van der Waals surface area contributed by atoms with Crippen molar-refractivity contribution < 1.29 is 18.0 Å². The monoisotopic (exact) mass is 651 g/mol. The van der Waals surface area contributed by atoms with Gasteiger partial charge in [-0.05, 0) is 74.2 Å². The van der Waals surface area contributed by atoms with Crippen molar-refractivity contribution in [2.45, 2.75) is 58.5 Å². The number of halogens is 3. The molecule has 3 aromatic carbocycles. The predicted octanol–water partition coefficient (Wildman–Crippen LogP) is 7.04. The van der Waals surface area contributed by atoms with Crippen molar-refractivity contribution in [3.63, 3.8) is 0 Å². The molecule has 7 nitrogen and oxygen atoms in total. The lowest BCUT2D eigenvalue weighted by molar-refractivity contribution is -0.140. The van der Waals surface area contributed by atoms with Gasteiger partial charge in [-0.2, -0.15) is 0 Å². The van der Waals surface area contributed by atoms with Crippen molar-refractivity contribution in [3.8, 4) is 0 Å². The summed E-state index contributed by atoms with van der Waals surface area (Å²) in [6, 6.07) is 15.2. The molecule has 11 heteroatoms. The Morgan fingerprint density at radius 2 is 1.55 bits per heavy atom. The van der Waals surface area contributed by atoms with Gasteiger partial charge in [0.15, 0.2) is 0 Å². The van der Waals surface area contributed by atoms with Gasteiger partial charge in [0.2, 0.25) is 11.8 Å². The fraction of sp³-hybridized carbons (Fsp3) is 0.355. The van der Waals surface area contributed by atoms with E-state index in [1.54, 1.807) is 62.4 Å². The zero-order chi connectivity index (χ0) is 31.2. The van der Waals surface area contributed by atoms with Gasteiger partial charge in [0.05, 0.1) is 10.6 Å². The van der Waals surface area contributed by atoms with Crippen LogP contribution in [0.25, 0.3) is 0 Å². The number of rotatable bonds is 12. The van der Waals surface area contributed by atoms with Crippen LogP contribution in [-0.4, -0.2) is 44.3 Å². The van der Waals surface area contributed by atoms with Crippen LogP contribution in [0.2, 0.25) is 15.1 Å². The number of anilines is 1. The minimum atomic E-state index is -4.21. The Kier molecular flexibility index (Phi) is 11.7. The van der Waals surface area contributed by atoms with E-state index in [1.807, 2.05) is 20.8 Å². The third-order valence-corrected chi connectivity index (χ3v) is 9.49. The lowest BCUT2D eigenvalue weighted by atomic mass is 10.1. The van der Waals surface area contributed by atoms with E-state index in [2.05, 4.69) is 5.32 Å². The number of nitrogens with zero attached hydrogens (tertiary/aromatic N) is 2. The fourth-order valence-electron chi connectivity index (χ4n) is 4.45. The van der Waals surface area contributed by atoms with E-state index in [0.29, 0.717) is 38.4 Å². The fourth-order valence-corrected chi connectivity index (χ4v) is 6.67. The van der Waals surface area contributed by atoms with E-state index >= 15 is 0 Å². The van der Waals surface area contributed by atoms with Crippen LogP contribution in [0.1, 0.15) is 43.9 Å². The van der Waals surface area contributed by atoms with Gasteiger partial charge >= 0.3 is 0 Å². The Labute approximate surface area is 263 Å². The summed E-state index contributed by atoms with van der Waals surface area (Å²) in [5.74, 6) is -0.752. The molecule has 0 radical (unpaired) electrons. The van der Waals surface area contributed by atoms with Crippen molar-refractivity contribution in [2.75, 3.05) is 17.4 Å². The molecule has 0 aliphatic rings. The number of aryl methyl sites for hydroxylation is 2. The molecule has 0 aromatic heterocycles. The lowest BCUT2D eigenvalue weighted by Gasteiger charge is -2.34. The van der Waals surface area contributed by atoms with Gasteiger partial charge in [-0.1, -0.05) is 79.3 Å². The molecular weight excluding hydrogens is 617 g/mol. The van der Waals surface area contributed by atoms with Gasteiger partial charge in [0, 0.05) is 33.7 Å². The van der Waals surface area contributed by atoms with Crippen LogP contribution in [0.4, 0.5) is 5.69 Å². The summed E-state index contributed by atoms with van der Waals surface area (Å²) in [6.07, 6.45) is 0.280. The summed E-state index contributed by atoms with van der Waals surface area (Å²) >= 11 is 19.1. The third-order valence-electron chi connectivity index (χ3n) is 6.78. The number of carbonyl (C=O) groups excluding carboxylic acids is 2. The average Bonchev–Trinajstić information content (AvgIpc) is 2.92. The van der Waals surface area contributed by atoms with Crippen molar-refractivity contribution in [1.29, 1.82) is 0 Å². The molecule has 0 aliphatic heterocycles. The van der Waals surface area contributed by atoms with Crippen LogP contribution in [0.3, 0.4) is 0 Å². The Morgan fingerprint density at radius 3 is 2.10 bits per heavy atom. The highest BCUT2D eigenvalue weighted by atomic mass is 35.5. The van der Waals surface area contributed by atoms with Crippen LogP contribution in [0, 0.1) is 19.8 Å². The van der Waals surface area contributed by atoms with Crippen molar-refractivity contribution in [1.82, 2.24) is 10.2 Å². The molecule has 3 aromatic rings. The van der Waals surface area contributed by atoms with E-state index in [-0.39, 0.29) is 29.7 Å². The molecule has 0 heterocycles. The van der Waals surface area contributed by atoms with Gasteiger partial charge in [-0.3, -0.25) is 13.9 Å². The van der Waals surface area contributed by atoms with Gasteiger partial charge < -0.3 is 10.2 Å². The first-order valence-corrected chi connectivity index (χ1v) is 16.2. The minimum Gasteiger partial charge on any atom is -0.354 e. The summed E-state index contributed by atoms with van der Waals surface area (Å²) in [4.78, 5) is 29.0. The third kappa shape index (κ3) is 8.19. The van der Waals surface area contributed by atoms with E-state index in [9.17, 15) is 18.0 Å². The summed E-state index contributed by atoms with van der Waals surface area (Å²) < 4.78 is 29.2. The number of hydrogen-bond acceptors (Lipinski definition) is 4. The van der Waals surface area contributed by atoms with Crippen LogP contribution in [0.5, 0.6) is 0 Å². The first-order chi connectivity index (χ1) is 19.8. The second kappa shape index (κ2) is 14.6. The van der Waals surface area contributed by atoms with E-state index in [4.69, 9.17) is 34.8 Å². The van der Waals surface area contributed by atoms with Gasteiger partial charge in [0.1, 0.15) is 12.6 Å². The second-order valence-electron chi connectivity index (χ2n) is 10.5. The zero-order valence-corrected chi connectivity index (χ0v) is 27.4. The van der Waals surface area contributed by atoms with Crippen LogP contribution in [0.15, 0.2) is 65.6 Å². The molecule has 42 heavy (non-hydrogen) atoms. The van der Waals surface area contributed by atoms with Crippen molar-refractivity contribution in [3.05, 3.63) is 92.4 Å². The number of carbonyl (C=O) groups is 2. The lowest BCUT2D eigenvalue weighted by Crippen LogP contribution is -2.52. The molecule has 1 atom stereocenters. The molecule has 0 bridgehead atoms. The molecule has 0 aliphatic carbocycles. The molecule has 0 spiro atoms. The zero-order valence-electron chi connectivity index (χ0n) is 24.3. The number of sulfonamides is 1. The van der Waals surface area contributed by atoms with Crippen molar-refractivity contribution in [2.24, 2.45) is 5.92 Å². The first-order valence-electron chi connectivity index (χ1n) is 13.6. The van der Waals surface area contributed by atoms with Crippen LogP contribution < -0.4 is 9.62 Å². The molecule has 0 saturated heterocycles. The predicted molar refractivity (Wildman–Crippen MR) is 171 cm³/mol. The maximum absolute atomic E-state index is 14.2. The summed E-state index contributed by atoms with van der Waals surface area (Å²) in [6.45, 7) is 9.05. The Balaban J connectivity index is 2.12. The molecule has 0 saturated carbocycles. The minimum absolute atomic E-state index is 0.0256. The number of nitrogens with one attached hydrogen (secondary N) is 1. The SMILES string of the molecule is CCC(C(=O)NCC(C)C)N(Cc1c(Cl)cccc1Cl)C(=O)CN(c1ccc(Cl)cc1C)S(=O)(=O)c1ccc(C)cc1. The second-order valence-corrected chi connectivity index (χ2v) is 13.7. The number of amides is 2. The Bertz CT molecular complexity index is 1510. The summed E-state index contributed by atoms with van der Waals surface area (Å²) in [5, 5.41) is 3.99. The smallest absolute Gasteiger partial charge is 0.264 e. The highest BCUT2D eigenvalue weighted by Crippen LogP contribution is 2.31. The molecule has 1 unspecified atom stereocenters. The van der Waals surface area contributed by atoms with Crippen LogP contribution in [-0.2, 0) is 26.2 Å². The molecule has 0 fully saturated rings. The van der Waals surface area contributed by atoms with Crippen LogP contribution >= 0.6 is 34.8 Å². The van der Waals surface area contributed by atoms with Gasteiger partial charge in [-0.25, -0.2) is 8.42 Å². The molecule has 2 amide bonds. The number of benzene rings is 3. The number of hydrogen-bond donors (Lipinski definition) is 1. The van der Waals surface area contributed by atoms with Gasteiger partial charge in [0.25, 0.3) is 10.0 Å². The normalized spacial score (nSPS) is 12.2. The largest absolute Gasteiger partial charge is 0.354 e. The van der Waals surface area contributed by atoms with E-state index in [0.717, 1.165) is 9.87 Å². The topological polar surface area (TPSA) is 86.8 Å². The highest BCUT2D eigenvalue weighted by Gasteiger charge is 2.34. The Morgan fingerprint density at radius 1 is 0.929 bits per heavy atom. The molecule has 1 N–H and O–H groups in total. The van der Waals surface area contributed by atoms with Gasteiger partial charge in [-0.15, -0.1) is 0 Å². The van der Waals surface area contributed by atoms with E-state index < -0.39 is 28.5 Å².